The molecule has 1 amide bonds. The van der Waals surface area contributed by atoms with Gasteiger partial charge in [0.2, 0.25) is 5.91 Å². The zero-order valence-corrected chi connectivity index (χ0v) is 13.6. The third-order valence-corrected chi connectivity index (χ3v) is 4.86. The van der Waals surface area contributed by atoms with Gasteiger partial charge < -0.3 is 14.8 Å². The SMILES string of the molecule is O=C(Nc1nccs1)[C@@H]1CC=CC[C@H]1C(=O)OC[C@H]1CCCO1. The van der Waals surface area contributed by atoms with Gasteiger partial charge in [-0.05, 0) is 25.7 Å². The molecule has 2 heterocycles. The van der Waals surface area contributed by atoms with E-state index in [2.05, 4.69) is 10.3 Å². The Balaban J connectivity index is 1.57. The molecular formula is C16H20N2O4S. The molecule has 0 saturated carbocycles. The Kier molecular flexibility index (Phi) is 5.40. The molecule has 0 aromatic carbocycles. The minimum Gasteiger partial charge on any atom is -0.463 e. The topological polar surface area (TPSA) is 77.5 Å². The lowest BCUT2D eigenvalue weighted by Crippen LogP contribution is -2.36. The molecule has 1 aromatic heterocycles. The molecule has 124 valence electrons. The molecule has 0 unspecified atom stereocenters. The third kappa shape index (κ3) is 4.17. The van der Waals surface area contributed by atoms with Crippen LogP contribution in [0.15, 0.2) is 23.7 Å². The molecule has 2 aliphatic rings. The van der Waals surface area contributed by atoms with Gasteiger partial charge in [0.05, 0.1) is 17.9 Å². The predicted octanol–water partition coefficient (Wildman–Crippen LogP) is 2.39. The van der Waals surface area contributed by atoms with Gasteiger partial charge in [-0.25, -0.2) is 4.98 Å². The summed E-state index contributed by atoms with van der Waals surface area (Å²) in [5, 5.41) is 5.12. The van der Waals surface area contributed by atoms with Crippen LogP contribution in [0.25, 0.3) is 0 Å². The van der Waals surface area contributed by atoms with Crippen molar-refractivity contribution in [2.45, 2.75) is 31.8 Å². The van der Waals surface area contributed by atoms with E-state index in [0.717, 1.165) is 19.4 Å². The van der Waals surface area contributed by atoms with Gasteiger partial charge >= 0.3 is 5.97 Å². The van der Waals surface area contributed by atoms with Crippen LogP contribution in [0.4, 0.5) is 5.13 Å². The van der Waals surface area contributed by atoms with Crippen LogP contribution < -0.4 is 5.32 Å². The predicted molar refractivity (Wildman–Crippen MR) is 86.0 cm³/mol. The third-order valence-electron chi connectivity index (χ3n) is 4.17. The molecule has 1 N–H and O–H groups in total. The lowest BCUT2D eigenvalue weighted by Gasteiger charge is -2.26. The van der Waals surface area contributed by atoms with Crippen molar-refractivity contribution in [1.29, 1.82) is 0 Å². The second kappa shape index (κ2) is 7.70. The van der Waals surface area contributed by atoms with Crippen LogP contribution in [0.5, 0.6) is 0 Å². The molecule has 1 fully saturated rings. The van der Waals surface area contributed by atoms with Gasteiger partial charge in [0, 0.05) is 18.2 Å². The van der Waals surface area contributed by atoms with E-state index in [9.17, 15) is 9.59 Å². The second-order valence-electron chi connectivity index (χ2n) is 5.75. The van der Waals surface area contributed by atoms with Gasteiger partial charge in [-0.2, -0.15) is 0 Å². The molecule has 23 heavy (non-hydrogen) atoms. The summed E-state index contributed by atoms with van der Waals surface area (Å²) in [7, 11) is 0. The number of nitrogens with one attached hydrogen (secondary N) is 1. The van der Waals surface area contributed by atoms with E-state index in [0.29, 0.717) is 18.0 Å². The van der Waals surface area contributed by atoms with Crippen LogP contribution >= 0.6 is 11.3 Å². The lowest BCUT2D eigenvalue weighted by molar-refractivity contribution is -0.155. The quantitative estimate of drug-likeness (QED) is 0.660. The summed E-state index contributed by atoms with van der Waals surface area (Å²) in [6, 6.07) is 0. The maximum absolute atomic E-state index is 12.4. The molecule has 1 saturated heterocycles. The minimum absolute atomic E-state index is 0.000628. The highest BCUT2D eigenvalue weighted by Crippen LogP contribution is 2.28. The molecule has 3 rings (SSSR count). The number of aromatic nitrogens is 1. The first-order valence-corrected chi connectivity index (χ1v) is 8.75. The Morgan fingerprint density at radius 3 is 2.87 bits per heavy atom. The highest BCUT2D eigenvalue weighted by Gasteiger charge is 2.36. The monoisotopic (exact) mass is 336 g/mol. The number of esters is 1. The Bertz CT molecular complexity index is 567. The summed E-state index contributed by atoms with van der Waals surface area (Å²) >= 11 is 1.36. The summed E-state index contributed by atoms with van der Waals surface area (Å²) in [5.74, 6) is -1.35. The normalized spacial score (nSPS) is 26.9. The number of thiazole rings is 1. The number of ether oxygens (including phenoxy) is 2. The maximum atomic E-state index is 12.4. The summed E-state index contributed by atoms with van der Waals surface area (Å²) in [5.41, 5.74) is 0. The summed E-state index contributed by atoms with van der Waals surface area (Å²) in [6.45, 7) is 1.01. The Morgan fingerprint density at radius 2 is 2.17 bits per heavy atom. The molecule has 1 aliphatic heterocycles. The van der Waals surface area contributed by atoms with Crippen molar-refractivity contribution in [1.82, 2.24) is 4.98 Å². The van der Waals surface area contributed by atoms with Crippen molar-refractivity contribution in [3.63, 3.8) is 0 Å². The Hall–Kier alpha value is -1.73. The van der Waals surface area contributed by atoms with Crippen LogP contribution in [-0.4, -0.2) is 36.2 Å². The number of amides is 1. The van der Waals surface area contributed by atoms with Crippen molar-refractivity contribution in [2.24, 2.45) is 11.8 Å². The fourth-order valence-corrected chi connectivity index (χ4v) is 3.44. The Morgan fingerprint density at radius 1 is 1.35 bits per heavy atom. The van der Waals surface area contributed by atoms with E-state index >= 15 is 0 Å². The van der Waals surface area contributed by atoms with Gasteiger partial charge in [-0.15, -0.1) is 11.3 Å². The zero-order chi connectivity index (χ0) is 16.1. The number of carbonyl (C=O) groups is 2. The van der Waals surface area contributed by atoms with Crippen LogP contribution in [-0.2, 0) is 19.1 Å². The zero-order valence-electron chi connectivity index (χ0n) is 12.8. The van der Waals surface area contributed by atoms with Gasteiger partial charge in [-0.3, -0.25) is 9.59 Å². The van der Waals surface area contributed by atoms with E-state index in [1.54, 1.807) is 11.6 Å². The number of rotatable bonds is 5. The molecule has 1 aromatic rings. The standard InChI is InChI=1S/C16H20N2O4S/c19-14(18-16-17-7-9-23-16)12-5-1-2-6-13(12)15(20)22-10-11-4-3-8-21-11/h1-2,7,9,11-13H,3-6,8,10H2,(H,17,18,19)/t11-,12-,13-/m1/s1. The Labute approximate surface area is 138 Å². The summed E-state index contributed by atoms with van der Waals surface area (Å²) < 4.78 is 10.8. The number of allylic oxidation sites excluding steroid dienone is 2. The van der Waals surface area contributed by atoms with E-state index < -0.39 is 11.8 Å². The van der Waals surface area contributed by atoms with Gasteiger partial charge in [0.1, 0.15) is 6.61 Å². The van der Waals surface area contributed by atoms with E-state index in [4.69, 9.17) is 9.47 Å². The molecule has 1 aliphatic carbocycles. The fraction of sp³-hybridized carbons (Fsp3) is 0.562. The van der Waals surface area contributed by atoms with Crippen molar-refractivity contribution in [3.8, 4) is 0 Å². The molecule has 7 heteroatoms. The van der Waals surface area contributed by atoms with Gasteiger partial charge in [0.25, 0.3) is 0 Å². The van der Waals surface area contributed by atoms with E-state index in [1.165, 1.54) is 11.3 Å². The lowest BCUT2D eigenvalue weighted by atomic mass is 9.82. The molecule has 3 atom stereocenters. The largest absolute Gasteiger partial charge is 0.463 e. The van der Waals surface area contributed by atoms with Crippen molar-refractivity contribution >= 4 is 28.3 Å². The number of nitrogens with zero attached hydrogens (tertiary/aromatic N) is 1. The highest BCUT2D eigenvalue weighted by molar-refractivity contribution is 7.13. The van der Waals surface area contributed by atoms with Gasteiger partial charge in [-0.1, -0.05) is 12.2 Å². The first-order chi connectivity index (χ1) is 11.2. The molecule has 0 bridgehead atoms. The summed E-state index contributed by atoms with van der Waals surface area (Å²) in [6.07, 6.45) is 8.51. The smallest absolute Gasteiger partial charge is 0.310 e. The minimum atomic E-state index is -0.443. The van der Waals surface area contributed by atoms with Crippen LogP contribution in [0.2, 0.25) is 0 Å². The molecular weight excluding hydrogens is 316 g/mol. The van der Waals surface area contributed by atoms with Crippen LogP contribution in [0, 0.1) is 11.8 Å². The first kappa shape index (κ1) is 16.1. The fourth-order valence-electron chi connectivity index (χ4n) is 2.91. The van der Waals surface area contributed by atoms with E-state index in [-0.39, 0.29) is 24.6 Å². The van der Waals surface area contributed by atoms with Crippen molar-refractivity contribution < 1.29 is 19.1 Å². The van der Waals surface area contributed by atoms with Gasteiger partial charge in [0.15, 0.2) is 5.13 Å². The van der Waals surface area contributed by atoms with E-state index in [1.807, 2.05) is 12.2 Å². The molecule has 6 nitrogen and oxygen atoms in total. The van der Waals surface area contributed by atoms with Crippen molar-refractivity contribution in [2.75, 3.05) is 18.5 Å². The summed E-state index contributed by atoms with van der Waals surface area (Å²) in [4.78, 5) is 28.8. The maximum Gasteiger partial charge on any atom is 0.310 e. The first-order valence-electron chi connectivity index (χ1n) is 7.87. The van der Waals surface area contributed by atoms with Crippen LogP contribution in [0.3, 0.4) is 0 Å². The number of carbonyl (C=O) groups excluding carboxylic acids is 2. The van der Waals surface area contributed by atoms with Crippen molar-refractivity contribution in [3.05, 3.63) is 23.7 Å². The number of hydrogen-bond donors (Lipinski definition) is 1. The average Bonchev–Trinajstić information content (AvgIpc) is 3.26. The molecule has 0 spiro atoms. The number of hydrogen-bond acceptors (Lipinski definition) is 6. The average molecular weight is 336 g/mol. The number of anilines is 1. The van der Waals surface area contributed by atoms with Crippen LogP contribution in [0.1, 0.15) is 25.7 Å². The molecule has 0 radical (unpaired) electrons. The second-order valence-corrected chi connectivity index (χ2v) is 6.64. The highest BCUT2D eigenvalue weighted by atomic mass is 32.1.